The molecule has 96 valence electrons. The Bertz CT molecular complexity index is 187. The second-order valence-electron chi connectivity index (χ2n) is 6.85. The second kappa shape index (κ2) is 6.02. The summed E-state index contributed by atoms with van der Waals surface area (Å²) in [5.41, 5.74) is 6.39. The number of nitrogens with two attached hydrogens (primary N) is 1. The maximum absolute atomic E-state index is 5.93. The molecule has 1 aliphatic carbocycles. The van der Waals surface area contributed by atoms with E-state index in [2.05, 4.69) is 32.7 Å². The molecule has 2 heteroatoms. The highest BCUT2D eigenvalue weighted by atomic mass is 15.1. The van der Waals surface area contributed by atoms with Crippen LogP contribution in [-0.4, -0.2) is 31.1 Å². The molecule has 0 radical (unpaired) electrons. The lowest BCUT2D eigenvalue weighted by atomic mass is 9.86. The van der Waals surface area contributed by atoms with Crippen LogP contribution in [0.1, 0.15) is 52.9 Å². The summed E-state index contributed by atoms with van der Waals surface area (Å²) >= 11 is 0. The largest absolute Gasteiger partial charge is 0.328 e. The van der Waals surface area contributed by atoms with Gasteiger partial charge in [0, 0.05) is 12.6 Å². The lowest BCUT2D eigenvalue weighted by Gasteiger charge is -2.31. The third-order valence-electron chi connectivity index (χ3n) is 3.70. The first-order chi connectivity index (χ1) is 7.37. The van der Waals surface area contributed by atoms with Crippen molar-refractivity contribution in [3.8, 4) is 0 Å². The first kappa shape index (κ1) is 14.0. The van der Waals surface area contributed by atoms with Gasteiger partial charge in [0.25, 0.3) is 0 Å². The Morgan fingerprint density at radius 2 is 1.69 bits per heavy atom. The molecule has 2 nitrogen and oxygen atoms in total. The van der Waals surface area contributed by atoms with Gasteiger partial charge in [0.1, 0.15) is 0 Å². The van der Waals surface area contributed by atoms with Gasteiger partial charge in [-0.15, -0.1) is 0 Å². The van der Waals surface area contributed by atoms with Crippen molar-refractivity contribution in [2.75, 3.05) is 20.1 Å². The third-order valence-corrected chi connectivity index (χ3v) is 3.70. The smallest absolute Gasteiger partial charge is 0.00390 e. The standard InChI is InChI=1S/C14H30N2/c1-14(2,3)9-10-16(4)11-12-5-7-13(15)8-6-12/h12-13H,5-11,15H2,1-4H3. The molecule has 0 aromatic rings. The monoisotopic (exact) mass is 226 g/mol. The molecule has 1 saturated carbocycles. The highest BCUT2D eigenvalue weighted by Crippen LogP contribution is 2.24. The summed E-state index contributed by atoms with van der Waals surface area (Å²) in [5.74, 6) is 0.893. The zero-order valence-corrected chi connectivity index (χ0v) is 11.6. The molecular weight excluding hydrogens is 196 g/mol. The molecule has 2 N–H and O–H groups in total. The molecule has 0 atom stereocenters. The predicted octanol–water partition coefficient (Wildman–Crippen LogP) is 2.87. The SMILES string of the molecule is CN(CCC(C)(C)C)CC1CCC(N)CC1. The molecule has 16 heavy (non-hydrogen) atoms. The normalized spacial score (nSPS) is 27.4. The van der Waals surface area contributed by atoms with Crippen molar-refractivity contribution in [2.24, 2.45) is 17.1 Å². The molecule has 0 aromatic carbocycles. The van der Waals surface area contributed by atoms with Gasteiger partial charge in [-0.3, -0.25) is 0 Å². The maximum atomic E-state index is 5.93. The Labute approximate surface area is 102 Å². The Morgan fingerprint density at radius 3 is 2.19 bits per heavy atom. The van der Waals surface area contributed by atoms with Crippen molar-refractivity contribution in [2.45, 2.75) is 58.9 Å². The highest BCUT2D eigenvalue weighted by Gasteiger charge is 2.20. The van der Waals surface area contributed by atoms with Gasteiger partial charge in [-0.25, -0.2) is 0 Å². The molecule has 0 saturated heterocycles. The van der Waals surface area contributed by atoms with Crippen LogP contribution in [0, 0.1) is 11.3 Å². The predicted molar refractivity (Wildman–Crippen MR) is 71.5 cm³/mol. The van der Waals surface area contributed by atoms with Crippen LogP contribution in [0.15, 0.2) is 0 Å². The van der Waals surface area contributed by atoms with Crippen molar-refractivity contribution in [3.05, 3.63) is 0 Å². The number of hydrogen-bond donors (Lipinski definition) is 1. The Hall–Kier alpha value is -0.0800. The molecule has 0 aromatic heterocycles. The summed E-state index contributed by atoms with van der Waals surface area (Å²) in [6.45, 7) is 9.45. The van der Waals surface area contributed by atoms with Gasteiger partial charge >= 0.3 is 0 Å². The summed E-state index contributed by atoms with van der Waals surface area (Å²) in [5, 5.41) is 0. The second-order valence-corrected chi connectivity index (χ2v) is 6.85. The van der Waals surface area contributed by atoms with Gasteiger partial charge in [0.05, 0.1) is 0 Å². The molecule has 0 amide bonds. The summed E-state index contributed by atoms with van der Waals surface area (Å²) in [4.78, 5) is 2.51. The van der Waals surface area contributed by atoms with E-state index in [1.807, 2.05) is 0 Å². The van der Waals surface area contributed by atoms with Crippen molar-refractivity contribution in [1.82, 2.24) is 4.90 Å². The van der Waals surface area contributed by atoms with Crippen LogP contribution >= 0.6 is 0 Å². The fraction of sp³-hybridized carbons (Fsp3) is 1.00. The van der Waals surface area contributed by atoms with Gasteiger partial charge < -0.3 is 10.6 Å². The van der Waals surface area contributed by atoms with Crippen LogP contribution in [-0.2, 0) is 0 Å². The Balaban J connectivity index is 2.16. The molecule has 0 unspecified atom stereocenters. The van der Waals surface area contributed by atoms with Gasteiger partial charge in [0.15, 0.2) is 0 Å². The summed E-state index contributed by atoms with van der Waals surface area (Å²) < 4.78 is 0. The van der Waals surface area contributed by atoms with E-state index in [-0.39, 0.29) is 0 Å². The molecule has 0 bridgehead atoms. The van der Waals surface area contributed by atoms with Crippen molar-refractivity contribution in [3.63, 3.8) is 0 Å². The zero-order valence-electron chi connectivity index (χ0n) is 11.6. The van der Waals surface area contributed by atoms with Gasteiger partial charge in [-0.2, -0.15) is 0 Å². The van der Waals surface area contributed by atoms with Crippen LogP contribution in [0.5, 0.6) is 0 Å². The van der Waals surface area contributed by atoms with Crippen LogP contribution < -0.4 is 5.73 Å². The van der Waals surface area contributed by atoms with E-state index in [9.17, 15) is 0 Å². The van der Waals surface area contributed by atoms with Crippen LogP contribution in [0.25, 0.3) is 0 Å². The highest BCUT2D eigenvalue weighted by molar-refractivity contribution is 4.76. The minimum Gasteiger partial charge on any atom is -0.328 e. The number of hydrogen-bond acceptors (Lipinski definition) is 2. The van der Waals surface area contributed by atoms with Crippen molar-refractivity contribution >= 4 is 0 Å². The van der Waals surface area contributed by atoms with E-state index < -0.39 is 0 Å². The van der Waals surface area contributed by atoms with Gasteiger partial charge in [-0.05, 0) is 57.0 Å². The zero-order chi connectivity index (χ0) is 12.2. The topological polar surface area (TPSA) is 29.3 Å². The minimum atomic E-state index is 0.461. The average Bonchev–Trinajstić information content (AvgIpc) is 2.18. The maximum Gasteiger partial charge on any atom is 0.00390 e. The molecule has 1 rings (SSSR count). The lowest BCUT2D eigenvalue weighted by Crippen LogP contribution is -2.33. The molecule has 1 fully saturated rings. The molecule has 0 heterocycles. The number of rotatable bonds is 4. The van der Waals surface area contributed by atoms with Gasteiger partial charge in [0.2, 0.25) is 0 Å². The number of nitrogens with zero attached hydrogens (tertiary/aromatic N) is 1. The quantitative estimate of drug-likeness (QED) is 0.798. The van der Waals surface area contributed by atoms with Crippen molar-refractivity contribution < 1.29 is 0 Å². The van der Waals surface area contributed by atoms with Gasteiger partial charge in [-0.1, -0.05) is 20.8 Å². The molecule has 0 aliphatic heterocycles. The van der Waals surface area contributed by atoms with E-state index in [0.717, 1.165) is 5.92 Å². The van der Waals surface area contributed by atoms with E-state index in [4.69, 9.17) is 5.73 Å². The van der Waals surface area contributed by atoms with Crippen LogP contribution in [0.4, 0.5) is 0 Å². The lowest BCUT2D eigenvalue weighted by molar-refractivity contribution is 0.202. The van der Waals surface area contributed by atoms with Crippen LogP contribution in [0.3, 0.4) is 0 Å². The van der Waals surface area contributed by atoms with E-state index in [1.165, 1.54) is 45.2 Å². The Morgan fingerprint density at radius 1 is 1.12 bits per heavy atom. The van der Waals surface area contributed by atoms with Crippen LogP contribution in [0.2, 0.25) is 0 Å². The first-order valence-corrected chi connectivity index (χ1v) is 6.81. The third kappa shape index (κ3) is 5.86. The molecule has 1 aliphatic rings. The molecule has 0 spiro atoms. The average molecular weight is 226 g/mol. The molecular formula is C14H30N2. The van der Waals surface area contributed by atoms with E-state index in [0.29, 0.717) is 11.5 Å². The summed E-state index contributed by atoms with van der Waals surface area (Å²) in [7, 11) is 2.26. The van der Waals surface area contributed by atoms with E-state index in [1.54, 1.807) is 0 Å². The fourth-order valence-electron chi connectivity index (χ4n) is 2.43. The summed E-state index contributed by atoms with van der Waals surface area (Å²) in [6, 6.07) is 0.483. The van der Waals surface area contributed by atoms with E-state index >= 15 is 0 Å². The Kier molecular flexibility index (Phi) is 5.26. The van der Waals surface area contributed by atoms with Crippen molar-refractivity contribution in [1.29, 1.82) is 0 Å². The minimum absolute atomic E-state index is 0.461. The summed E-state index contributed by atoms with van der Waals surface area (Å²) in [6.07, 6.45) is 6.42. The first-order valence-electron chi connectivity index (χ1n) is 6.81. The fourth-order valence-corrected chi connectivity index (χ4v) is 2.43.